The first-order chi connectivity index (χ1) is 25.3. The fourth-order valence-electron chi connectivity index (χ4n) is 6.46. The van der Waals surface area contributed by atoms with Crippen LogP contribution >= 0.6 is 68.4 Å². The number of alkyl halides is 6. The molecule has 6 aromatic carbocycles. The van der Waals surface area contributed by atoms with Crippen LogP contribution in [0.1, 0.15) is 16.7 Å². The number of hydrogen-bond donors (Lipinski definition) is 0. The first kappa shape index (κ1) is 35.8. The molecule has 3 nitrogen and oxygen atoms in total. The van der Waals surface area contributed by atoms with Gasteiger partial charge < -0.3 is 0 Å². The highest BCUT2D eigenvalue weighted by Crippen LogP contribution is 2.51. The fourth-order valence-corrected chi connectivity index (χ4v) is 10.9. The van der Waals surface area contributed by atoms with Crippen LogP contribution < -0.4 is 6.23 Å². The maximum Gasteiger partial charge on any atom is 0.417 e. The Morgan fingerprint density at radius 1 is 0.547 bits per heavy atom. The molecule has 8 aromatic rings. The van der Waals surface area contributed by atoms with Gasteiger partial charge in [0.25, 0.3) is 0 Å². The first-order valence-corrected chi connectivity index (χ1v) is 19.1. The highest BCUT2D eigenvalue weighted by Gasteiger charge is 2.36. The predicted molar refractivity (Wildman–Crippen MR) is 218 cm³/mol. The average Bonchev–Trinajstić information content (AvgIpc) is 3.72. The van der Waals surface area contributed by atoms with Gasteiger partial charge in [-0.15, -0.1) is 22.7 Å². The van der Waals surface area contributed by atoms with Crippen molar-refractivity contribution >= 4 is 131 Å². The van der Waals surface area contributed by atoms with Gasteiger partial charge in [-0.3, -0.25) is 6.23 Å². The summed E-state index contributed by atoms with van der Waals surface area (Å²) in [5, 5.41) is 11.1. The van der Waals surface area contributed by atoms with Crippen molar-refractivity contribution in [2.45, 2.75) is 12.4 Å². The van der Waals surface area contributed by atoms with E-state index < -0.39 is 29.3 Å². The lowest BCUT2D eigenvalue weighted by Gasteiger charge is -2.19. The fraction of sp³-hybridized carbons (Fsp3) is 0.0513. The predicted octanol–water partition coefficient (Wildman–Crippen LogP) is 15.1. The Morgan fingerprint density at radius 2 is 1.08 bits per heavy atom. The number of halogens is 9. The first-order valence-electron chi connectivity index (χ1n) is 15.5. The molecule has 0 amide bonds. The zero-order valence-corrected chi connectivity index (χ0v) is 32.4. The highest BCUT2D eigenvalue weighted by atomic mass is 127. The standard InChI is InChI=1S/C39H18F7I2N3S2/c40-30-17-14-22(51(48)31-8-2-5-25-24-4-1-7-28(38(41,42)43)34(24)52-35(25)31)18-27(30)23-15-16-29(39(44,45)46)37-33(23)26-6-3-9-32(36(26)53-37)50(47)21-12-10-20(19-49)11-13-21/h1-18H. The summed E-state index contributed by atoms with van der Waals surface area (Å²) in [5.41, 5.74) is 1.57. The van der Waals surface area contributed by atoms with Gasteiger partial charge in [-0.2, -0.15) is 31.6 Å². The monoisotopic (exact) mass is 979 g/mol. The number of nitriles is 1. The summed E-state index contributed by atoms with van der Waals surface area (Å²) in [6.45, 7) is 0. The van der Waals surface area contributed by atoms with Crippen LogP contribution in [0.15, 0.2) is 109 Å². The Labute approximate surface area is 332 Å². The van der Waals surface area contributed by atoms with Crippen molar-refractivity contribution in [1.29, 1.82) is 5.26 Å². The summed E-state index contributed by atoms with van der Waals surface area (Å²) in [5.74, 6) is -0.655. The van der Waals surface area contributed by atoms with Crippen molar-refractivity contribution in [3.63, 3.8) is 0 Å². The molecule has 0 unspecified atom stereocenters. The number of rotatable bonds is 5. The van der Waals surface area contributed by atoms with Crippen molar-refractivity contribution in [2.24, 2.45) is 0 Å². The van der Waals surface area contributed by atoms with Crippen molar-refractivity contribution in [3.05, 3.63) is 132 Å². The van der Waals surface area contributed by atoms with E-state index in [1.807, 2.05) is 22.9 Å². The van der Waals surface area contributed by atoms with Crippen LogP contribution in [-0.2, 0) is 12.4 Å². The summed E-state index contributed by atoms with van der Waals surface area (Å²) in [7, 11) is 0. The van der Waals surface area contributed by atoms with E-state index in [1.54, 1.807) is 79.0 Å². The molecule has 0 aliphatic heterocycles. The third kappa shape index (κ3) is 6.15. The van der Waals surface area contributed by atoms with Crippen LogP contribution in [0, 0.1) is 17.1 Å². The molecule has 0 spiro atoms. The molecule has 264 valence electrons. The van der Waals surface area contributed by atoms with Crippen LogP contribution in [0.4, 0.5) is 53.5 Å². The Bertz CT molecular complexity index is 2780. The minimum absolute atomic E-state index is 0.0475. The smallest absolute Gasteiger partial charge is 0.282 e. The molecule has 0 atom stereocenters. The molecule has 2 aromatic heterocycles. The van der Waals surface area contributed by atoms with Crippen LogP contribution in [0.25, 0.3) is 51.5 Å². The lowest BCUT2D eigenvalue weighted by atomic mass is 9.96. The summed E-state index contributed by atoms with van der Waals surface area (Å²) in [6, 6.07) is 30.0. The van der Waals surface area contributed by atoms with Crippen molar-refractivity contribution in [3.8, 4) is 17.2 Å². The van der Waals surface area contributed by atoms with Crippen LogP contribution in [0.5, 0.6) is 0 Å². The summed E-state index contributed by atoms with van der Waals surface area (Å²) in [6.07, 6.45) is -9.24. The topological polar surface area (TPSA) is 30.3 Å². The van der Waals surface area contributed by atoms with Gasteiger partial charge in [0.05, 0.1) is 101 Å². The van der Waals surface area contributed by atoms with Gasteiger partial charge in [0.15, 0.2) is 0 Å². The van der Waals surface area contributed by atoms with Gasteiger partial charge in [-0.25, -0.2) is 4.39 Å². The molecule has 0 N–H and O–H groups in total. The van der Waals surface area contributed by atoms with E-state index in [-0.39, 0.29) is 25.9 Å². The SMILES string of the molecule is N#Cc1ccc(N(I)c2cccc3c2sc2c(C(F)(F)F)ccc(-c4cc(N(I)c5cccc6c5sc5c(C(F)(F)F)cccc56)ccc4F)c23)cc1. The van der Waals surface area contributed by atoms with Gasteiger partial charge in [-0.1, -0.05) is 42.5 Å². The average molecular weight is 980 g/mol. The Morgan fingerprint density at radius 3 is 1.72 bits per heavy atom. The minimum atomic E-state index is -4.69. The van der Waals surface area contributed by atoms with E-state index in [2.05, 4.69) is 28.9 Å². The van der Waals surface area contributed by atoms with E-state index >= 15 is 4.39 Å². The second-order valence-corrected chi connectivity index (χ2v) is 15.9. The Hall–Kier alpha value is -4.18. The number of thiophene rings is 2. The summed E-state index contributed by atoms with van der Waals surface area (Å²) >= 11 is 6.06. The quantitative estimate of drug-likeness (QED) is 0.0978. The van der Waals surface area contributed by atoms with Gasteiger partial charge in [0.2, 0.25) is 0 Å². The molecule has 0 aliphatic rings. The van der Waals surface area contributed by atoms with E-state index in [0.29, 0.717) is 53.9 Å². The molecule has 0 radical (unpaired) electrons. The Balaban J connectivity index is 1.30. The lowest BCUT2D eigenvalue weighted by molar-refractivity contribution is -0.137. The van der Waals surface area contributed by atoms with Gasteiger partial charge in [-0.05, 0) is 72.3 Å². The second-order valence-electron chi connectivity index (χ2n) is 11.9. The van der Waals surface area contributed by atoms with Crippen molar-refractivity contribution in [2.75, 3.05) is 6.23 Å². The zero-order valence-electron chi connectivity index (χ0n) is 26.5. The number of benzene rings is 6. The third-order valence-electron chi connectivity index (χ3n) is 8.85. The van der Waals surface area contributed by atoms with Gasteiger partial charge in [0, 0.05) is 36.5 Å². The number of hydrogen-bond acceptors (Lipinski definition) is 5. The van der Waals surface area contributed by atoms with Crippen molar-refractivity contribution in [1.82, 2.24) is 0 Å². The number of anilines is 4. The molecular formula is C39H18F7I2N3S2. The normalized spacial score (nSPS) is 12.2. The number of nitrogens with zero attached hydrogens (tertiary/aromatic N) is 3. The summed E-state index contributed by atoms with van der Waals surface area (Å²) in [4.78, 5) is 0. The van der Waals surface area contributed by atoms with E-state index in [0.717, 1.165) is 34.8 Å². The third-order valence-corrected chi connectivity index (χ3v) is 13.5. The van der Waals surface area contributed by atoms with Gasteiger partial charge >= 0.3 is 12.4 Å². The molecule has 0 saturated heterocycles. The van der Waals surface area contributed by atoms with E-state index in [9.17, 15) is 31.6 Å². The van der Waals surface area contributed by atoms with E-state index in [4.69, 9.17) is 0 Å². The molecule has 0 fully saturated rings. The summed E-state index contributed by atoms with van der Waals surface area (Å²) < 4.78 is 106. The van der Waals surface area contributed by atoms with Crippen LogP contribution in [0.3, 0.4) is 0 Å². The highest BCUT2D eigenvalue weighted by molar-refractivity contribution is 14.1. The maximum absolute atomic E-state index is 16.0. The van der Waals surface area contributed by atoms with Crippen LogP contribution in [0.2, 0.25) is 0 Å². The molecule has 8 rings (SSSR count). The van der Waals surface area contributed by atoms with Crippen molar-refractivity contribution < 1.29 is 30.7 Å². The molecule has 2 heterocycles. The minimum Gasteiger partial charge on any atom is -0.282 e. The largest absolute Gasteiger partial charge is 0.417 e. The van der Waals surface area contributed by atoms with E-state index in [1.165, 1.54) is 24.3 Å². The lowest BCUT2D eigenvalue weighted by Crippen LogP contribution is -2.05. The molecule has 0 aliphatic carbocycles. The molecule has 0 bridgehead atoms. The van der Waals surface area contributed by atoms with Crippen LogP contribution in [-0.4, -0.2) is 0 Å². The second kappa shape index (κ2) is 13.3. The maximum atomic E-state index is 16.0. The van der Waals surface area contributed by atoms with Gasteiger partial charge in [0.1, 0.15) is 5.82 Å². The Kier molecular flexibility index (Phi) is 8.98. The molecule has 14 heteroatoms. The molecular weight excluding hydrogens is 961 g/mol. The zero-order chi connectivity index (χ0) is 37.4. The molecule has 53 heavy (non-hydrogen) atoms. The number of fused-ring (bicyclic) bond motifs is 6. The molecule has 0 saturated carbocycles.